The number of hydrogen-bond donors (Lipinski definition) is 3. The van der Waals surface area contributed by atoms with Crippen molar-refractivity contribution >= 4 is 11.6 Å². The molecule has 0 heterocycles. The molecular formula is C20H25N3O2. The van der Waals surface area contributed by atoms with Crippen LogP contribution in [-0.2, 0) is 12.0 Å². The highest BCUT2D eigenvalue weighted by molar-refractivity contribution is 5.92. The largest absolute Gasteiger partial charge is 0.491 e. The first kappa shape index (κ1) is 17.3. The van der Waals surface area contributed by atoms with Crippen LogP contribution < -0.4 is 15.8 Å². The Labute approximate surface area is 148 Å². The van der Waals surface area contributed by atoms with Crippen LogP contribution >= 0.6 is 0 Å². The summed E-state index contributed by atoms with van der Waals surface area (Å²) in [5, 5.41) is 13.9. The number of nitrogens with two attached hydrogens (primary N) is 1. The number of ether oxygens (including phenoxy) is 1. The van der Waals surface area contributed by atoms with E-state index in [9.17, 15) is 5.11 Å². The average molecular weight is 339 g/mol. The summed E-state index contributed by atoms with van der Waals surface area (Å²) in [7, 11) is 0. The SMILES string of the molecule is CC(C)Oc1ccc(NC(N)=NCC2(O)CCc3ccccc32)cc1. The van der Waals surface area contributed by atoms with E-state index in [1.165, 1.54) is 5.56 Å². The Hall–Kier alpha value is -2.53. The Morgan fingerprint density at radius 2 is 1.96 bits per heavy atom. The van der Waals surface area contributed by atoms with Crippen LogP contribution in [0.4, 0.5) is 5.69 Å². The molecule has 0 radical (unpaired) electrons. The minimum atomic E-state index is -0.933. The van der Waals surface area contributed by atoms with Gasteiger partial charge >= 0.3 is 0 Å². The highest BCUT2D eigenvalue weighted by atomic mass is 16.5. The number of nitrogens with one attached hydrogen (secondary N) is 1. The lowest BCUT2D eigenvalue weighted by atomic mass is 9.96. The number of fused-ring (bicyclic) bond motifs is 1. The molecule has 1 atom stereocenters. The van der Waals surface area contributed by atoms with Crippen molar-refractivity contribution in [3.05, 3.63) is 59.7 Å². The summed E-state index contributed by atoms with van der Waals surface area (Å²) in [4.78, 5) is 4.34. The zero-order valence-corrected chi connectivity index (χ0v) is 14.7. The molecule has 0 spiro atoms. The van der Waals surface area contributed by atoms with E-state index >= 15 is 0 Å². The summed E-state index contributed by atoms with van der Waals surface area (Å²) in [6.07, 6.45) is 1.68. The van der Waals surface area contributed by atoms with Gasteiger partial charge in [0.2, 0.25) is 0 Å². The van der Waals surface area contributed by atoms with E-state index in [2.05, 4.69) is 16.4 Å². The Balaban J connectivity index is 1.63. The fourth-order valence-corrected chi connectivity index (χ4v) is 3.13. The van der Waals surface area contributed by atoms with Gasteiger partial charge in [-0.1, -0.05) is 24.3 Å². The second-order valence-electron chi connectivity index (χ2n) is 6.71. The number of aliphatic imine (C=N–C) groups is 1. The molecule has 0 aromatic heterocycles. The molecular weight excluding hydrogens is 314 g/mol. The van der Waals surface area contributed by atoms with E-state index in [-0.39, 0.29) is 18.6 Å². The molecule has 0 fully saturated rings. The van der Waals surface area contributed by atoms with Gasteiger partial charge in [0.15, 0.2) is 5.96 Å². The third-order valence-electron chi connectivity index (χ3n) is 4.34. The molecule has 5 heteroatoms. The van der Waals surface area contributed by atoms with Crippen molar-refractivity contribution in [3.63, 3.8) is 0 Å². The molecule has 0 saturated carbocycles. The first-order valence-corrected chi connectivity index (χ1v) is 8.61. The van der Waals surface area contributed by atoms with Crippen LogP contribution in [0.3, 0.4) is 0 Å². The summed E-state index contributed by atoms with van der Waals surface area (Å²) in [6.45, 7) is 4.22. The maximum absolute atomic E-state index is 10.9. The highest BCUT2D eigenvalue weighted by Crippen LogP contribution is 2.36. The Bertz CT molecular complexity index is 756. The predicted molar refractivity (Wildman–Crippen MR) is 101 cm³/mol. The van der Waals surface area contributed by atoms with E-state index in [1.54, 1.807) is 0 Å². The third-order valence-corrected chi connectivity index (χ3v) is 4.34. The molecule has 0 saturated heterocycles. The van der Waals surface area contributed by atoms with E-state index in [4.69, 9.17) is 10.5 Å². The second kappa shape index (κ2) is 7.15. The Morgan fingerprint density at radius 1 is 1.24 bits per heavy atom. The number of rotatable bonds is 5. The van der Waals surface area contributed by atoms with Gasteiger partial charge in [0.05, 0.1) is 12.6 Å². The lowest BCUT2D eigenvalue weighted by Gasteiger charge is -2.22. The topological polar surface area (TPSA) is 79.9 Å². The summed E-state index contributed by atoms with van der Waals surface area (Å²) < 4.78 is 5.61. The van der Waals surface area contributed by atoms with Crippen molar-refractivity contribution < 1.29 is 9.84 Å². The van der Waals surface area contributed by atoms with Crippen molar-refractivity contribution in [2.24, 2.45) is 10.7 Å². The van der Waals surface area contributed by atoms with Crippen LogP contribution in [0.1, 0.15) is 31.4 Å². The molecule has 132 valence electrons. The fraction of sp³-hybridized carbons (Fsp3) is 0.350. The lowest BCUT2D eigenvalue weighted by molar-refractivity contribution is 0.0487. The molecule has 2 aromatic carbocycles. The number of nitrogens with zero attached hydrogens (tertiary/aromatic N) is 1. The van der Waals surface area contributed by atoms with Crippen molar-refractivity contribution in [2.75, 3.05) is 11.9 Å². The molecule has 3 rings (SSSR count). The Kier molecular flexibility index (Phi) is 4.95. The van der Waals surface area contributed by atoms with Gasteiger partial charge in [-0.15, -0.1) is 0 Å². The summed E-state index contributed by atoms with van der Waals surface area (Å²) in [5.41, 5.74) is 8.02. The smallest absolute Gasteiger partial charge is 0.193 e. The van der Waals surface area contributed by atoms with Crippen LogP contribution in [0, 0.1) is 0 Å². The monoisotopic (exact) mass is 339 g/mol. The molecule has 0 aliphatic heterocycles. The molecule has 2 aromatic rings. The molecule has 0 bridgehead atoms. The van der Waals surface area contributed by atoms with Crippen LogP contribution in [0.2, 0.25) is 0 Å². The van der Waals surface area contributed by atoms with Gasteiger partial charge in [0.25, 0.3) is 0 Å². The number of anilines is 1. The number of hydrogen-bond acceptors (Lipinski definition) is 3. The quantitative estimate of drug-likeness (QED) is 0.578. The van der Waals surface area contributed by atoms with Crippen molar-refractivity contribution in [1.29, 1.82) is 0 Å². The normalized spacial score (nSPS) is 19.8. The van der Waals surface area contributed by atoms with Gasteiger partial charge in [0.1, 0.15) is 11.4 Å². The minimum Gasteiger partial charge on any atom is -0.491 e. The Morgan fingerprint density at radius 3 is 2.68 bits per heavy atom. The van der Waals surface area contributed by atoms with Crippen LogP contribution in [-0.4, -0.2) is 23.7 Å². The van der Waals surface area contributed by atoms with Crippen LogP contribution in [0.25, 0.3) is 0 Å². The van der Waals surface area contributed by atoms with Gasteiger partial charge in [-0.25, -0.2) is 4.99 Å². The van der Waals surface area contributed by atoms with Crippen LogP contribution in [0.15, 0.2) is 53.5 Å². The molecule has 5 nitrogen and oxygen atoms in total. The molecule has 1 aliphatic rings. The van der Waals surface area contributed by atoms with E-state index in [0.29, 0.717) is 6.42 Å². The van der Waals surface area contributed by atoms with Crippen LogP contribution in [0.5, 0.6) is 5.75 Å². The van der Waals surface area contributed by atoms with E-state index in [1.807, 2.05) is 56.3 Å². The first-order valence-electron chi connectivity index (χ1n) is 8.61. The van der Waals surface area contributed by atoms with E-state index < -0.39 is 5.60 Å². The van der Waals surface area contributed by atoms with Crippen molar-refractivity contribution in [2.45, 2.75) is 38.4 Å². The second-order valence-corrected chi connectivity index (χ2v) is 6.71. The number of aliphatic hydroxyl groups is 1. The maximum atomic E-state index is 10.9. The fourth-order valence-electron chi connectivity index (χ4n) is 3.13. The molecule has 1 unspecified atom stereocenters. The van der Waals surface area contributed by atoms with E-state index in [0.717, 1.165) is 23.4 Å². The summed E-state index contributed by atoms with van der Waals surface area (Å²) in [5.74, 6) is 1.10. The van der Waals surface area contributed by atoms with Gasteiger partial charge in [0, 0.05) is 5.69 Å². The molecule has 1 aliphatic carbocycles. The number of benzene rings is 2. The zero-order chi connectivity index (χ0) is 17.9. The third kappa shape index (κ3) is 4.12. The van der Waals surface area contributed by atoms with Gasteiger partial charge in [-0.2, -0.15) is 0 Å². The molecule has 25 heavy (non-hydrogen) atoms. The van der Waals surface area contributed by atoms with Gasteiger partial charge < -0.3 is 20.9 Å². The van der Waals surface area contributed by atoms with Crippen molar-refractivity contribution in [3.8, 4) is 5.75 Å². The highest BCUT2D eigenvalue weighted by Gasteiger charge is 2.36. The lowest BCUT2D eigenvalue weighted by Crippen LogP contribution is -2.30. The van der Waals surface area contributed by atoms with Gasteiger partial charge in [-0.3, -0.25) is 0 Å². The standard InChI is InChI=1S/C20H25N3O2/c1-14(2)25-17-9-7-16(8-10-17)23-19(21)22-13-20(24)12-11-15-5-3-4-6-18(15)20/h3-10,14,24H,11-13H2,1-2H3,(H3,21,22,23). The first-order chi connectivity index (χ1) is 12.0. The summed E-state index contributed by atoms with van der Waals surface area (Å²) in [6, 6.07) is 15.5. The molecule has 0 amide bonds. The maximum Gasteiger partial charge on any atom is 0.193 e. The average Bonchev–Trinajstić information content (AvgIpc) is 2.93. The molecule has 4 N–H and O–H groups in total. The number of aryl methyl sites for hydroxylation is 1. The zero-order valence-electron chi connectivity index (χ0n) is 14.7. The predicted octanol–water partition coefficient (Wildman–Crippen LogP) is 3.03. The minimum absolute atomic E-state index is 0.139. The summed E-state index contributed by atoms with van der Waals surface area (Å²) >= 11 is 0. The number of guanidine groups is 1. The van der Waals surface area contributed by atoms with Crippen molar-refractivity contribution in [1.82, 2.24) is 0 Å². The van der Waals surface area contributed by atoms with Gasteiger partial charge in [-0.05, 0) is 62.1 Å².